The summed E-state index contributed by atoms with van der Waals surface area (Å²) in [6.45, 7) is 4.23. The fraction of sp³-hybridized carbons (Fsp3) is 0.500. The topological polar surface area (TPSA) is 70.8 Å². The maximum Gasteiger partial charge on any atom is 0.338 e. The van der Waals surface area contributed by atoms with E-state index in [9.17, 15) is 4.79 Å². The Morgan fingerprint density at radius 2 is 2.37 bits per heavy atom. The molecule has 0 aromatic heterocycles. The third-order valence-electron chi connectivity index (χ3n) is 3.02. The Morgan fingerprint density at radius 3 is 3.00 bits per heavy atom. The number of hydrogen-bond acceptors (Lipinski definition) is 5. The number of anilines is 1. The minimum absolute atomic E-state index is 0.346. The van der Waals surface area contributed by atoms with E-state index in [1.54, 1.807) is 25.1 Å². The summed E-state index contributed by atoms with van der Waals surface area (Å²) in [6, 6.07) is 4.95. The molecule has 1 saturated heterocycles. The van der Waals surface area contributed by atoms with Gasteiger partial charge in [-0.05, 0) is 31.5 Å². The molecule has 2 rings (SSSR count). The SMILES string of the molecule is CCOC(=O)c1ccc(OCC2CCOC2)c(N)c1. The van der Waals surface area contributed by atoms with Crippen LogP contribution < -0.4 is 10.5 Å². The van der Waals surface area contributed by atoms with Crippen LogP contribution in [0.15, 0.2) is 18.2 Å². The van der Waals surface area contributed by atoms with Gasteiger partial charge in [-0.2, -0.15) is 0 Å². The predicted molar refractivity (Wildman–Crippen MR) is 71.2 cm³/mol. The number of carbonyl (C=O) groups is 1. The van der Waals surface area contributed by atoms with E-state index in [0.717, 1.165) is 19.6 Å². The Morgan fingerprint density at radius 1 is 1.53 bits per heavy atom. The molecule has 1 aromatic rings. The van der Waals surface area contributed by atoms with Crippen LogP contribution in [-0.2, 0) is 9.47 Å². The van der Waals surface area contributed by atoms with E-state index in [2.05, 4.69) is 0 Å². The highest BCUT2D eigenvalue weighted by molar-refractivity contribution is 5.91. The molecule has 5 nitrogen and oxygen atoms in total. The van der Waals surface area contributed by atoms with Gasteiger partial charge in [0.25, 0.3) is 0 Å². The molecule has 0 bridgehead atoms. The first kappa shape index (κ1) is 13.7. The molecule has 2 N–H and O–H groups in total. The largest absolute Gasteiger partial charge is 0.491 e. The monoisotopic (exact) mass is 265 g/mol. The van der Waals surface area contributed by atoms with E-state index in [1.807, 2.05) is 0 Å². The Kier molecular flexibility index (Phi) is 4.63. The molecule has 19 heavy (non-hydrogen) atoms. The third-order valence-corrected chi connectivity index (χ3v) is 3.02. The molecule has 1 aromatic carbocycles. The molecule has 0 radical (unpaired) electrons. The van der Waals surface area contributed by atoms with E-state index in [1.165, 1.54) is 0 Å². The number of esters is 1. The van der Waals surface area contributed by atoms with E-state index in [-0.39, 0.29) is 5.97 Å². The van der Waals surface area contributed by atoms with Crippen LogP contribution >= 0.6 is 0 Å². The fourth-order valence-electron chi connectivity index (χ4n) is 1.94. The van der Waals surface area contributed by atoms with Gasteiger partial charge in [0, 0.05) is 12.5 Å². The quantitative estimate of drug-likeness (QED) is 0.650. The van der Waals surface area contributed by atoms with Gasteiger partial charge in [-0.1, -0.05) is 0 Å². The zero-order valence-corrected chi connectivity index (χ0v) is 11.1. The van der Waals surface area contributed by atoms with Crippen LogP contribution in [0.1, 0.15) is 23.7 Å². The van der Waals surface area contributed by atoms with Gasteiger partial charge in [-0.3, -0.25) is 0 Å². The van der Waals surface area contributed by atoms with Crippen molar-refractivity contribution in [2.75, 3.05) is 32.2 Å². The number of carbonyl (C=O) groups excluding carboxylic acids is 1. The van der Waals surface area contributed by atoms with Gasteiger partial charge >= 0.3 is 5.97 Å². The molecule has 1 aliphatic rings. The van der Waals surface area contributed by atoms with Crippen LogP contribution in [0.25, 0.3) is 0 Å². The van der Waals surface area contributed by atoms with Crippen molar-refractivity contribution in [2.24, 2.45) is 5.92 Å². The predicted octanol–water partition coefficient (Wildman–Crippen LogP) is 1.86. The van der Waals surface area contributed by atoms with Crippen molar-refractivity contribution >= 4 is 11.7 Å². The van der Waals surface area contributed by atoms with Crippen molar-refractivity contribution in [3.05, 3.63) is 23.8 Å². The molecule has 1 atom stereocenters. The van der Waals surface area contributed by atoms with Crippen LogP contribution in [0.4, 0.5) is 5.69 Å². The van der Waals surface area contributed by atoms with Crippen molar-refractivity contribution in [2.45, 2.75) is 13.3 Å². The van der Waals surface area contributed by atoms with Crippen LogP contribution in [0.5, 0.6) is 5.75 Å². The Bertz CT molecular complexity index is 441. The molecule has 0 amide bonds. The highest BCUT2D eigenvalue weighted by Crippen LogP contribution is 2.24. The van der Waals surface area contributed by atoms with Crippen LogP contribution in [0, 0.1) is 5.92 Å². The Hall–Kier alpha value is -1.75. The molecule has 0 saturated carbocycles. The van der Waals surface area contributed by atoms with Gasteiger partial charge in [-0.25, -0.2) is 4.79 Å². The van der Waals surface area contributed by atoms with E-state index < -0.39 is 0 Å². The lowest BCUT2D eigenvalue weighted by Gasteiger charge is -2.12. The van der Waals surface area contributed by atoms with Crippen molar-refractivity contribution in [1.82, 2.24) is 0 Å². The van der Waals surface area contributed by atoms with Crippen molar-refractivity contribution in [3.63, 3.8) is 0 Å². The van der Waals surface area contributed by atoms with Gasteiger partial charge < -0.3 is 19.9 Å². The smallest absolute Gasteiger partial charge is 0.338 e. The average Bonchev–Trinajstić information content (AvgIpc) is 2.90. The number of hydrogen-bond donors (Lipinski definition) is 1. The van der Waals surface area contributed by atoms with E-state index in [4.69, 9.17) is 19.9 Å². The number of benzene rings is 1. The van der Waals surface area contributed by atoms with Crippen LogP contribution in [0.3, 0.4) is 0 Å². The van der Waals surface area contributed by atoms with Crippen molar-refractivity contribution in [3.8, 4) is 5.75 Å². The summed E-state index contributed by atoms with van der Waals surface area (Å²) in [5.41, 5.74) is 6.77. The van der Waals surface area contributed by atoms with Crippen LogP contribution in [0.2, 0.25) is 0 Å². The zero-order chi connectivity index (χ0) is 13.7. The highest BCUT2D eigenvalue weighted by atomic mass is 16.5. The third kappa shape index (κ3) is 3.61. The van der Waals surface area contributed by atoms with Crippen molar-refractivity contribution < 1.29 is 19.0 Å². The van der Waals surface area contributed by atoms with Gasteiger partial charge in [0.1, 0.15) is 5.75 Å². The molecule has 1 fully saturated rings. The number of nitrogens with two attached hydrogens (primary N) is 1. The normalized spacial score (nSPS) is 18.3. The van der Waals surface area contributed by atoms with Gasteiger partial charge in [-0.15, -0.1) is 0 Å². The lowest BCUT2D eigenvalue weighted by atomic mass is 10.1. The van der Waals surface area contributed by atoms with Crippen LogP contribution in [-0.4, -0.2) is 32.4 Å². The molecular weight excluding hydrogens is 246 g/mol. The number of nitrogen functional groups attached to an aromatic ring is 1. The first-order chi connectivity index (χ1) is 9.20. The van der Waals surface area contributed by atoms with Gasteiger partial charge in [0.2, 0.25) is 0 Å². The molecule has 1 aliphatic heterocycles. The van der Waals surface area contributed by atoms with E-state index >= 15 is 0 Å². The van der Waals surface area contributed by atoms with Gasteiger partial charge in [0.05, 0.1) is 31.1 Å². The molecule has 1 unspecified atom stereocenters. The number of ether oxygens (including phenoxy) is 3. The average molecular weight is 265 g/mol. The summed E-state index contributed by atoms with van der Waals surface area (Å²) in [6.07, 6.45) is 1.01. The summed E-state index contributed by atoms with van der Waals surface area (Å²) in [7, 11) is 0. The molecular formula is C14H19NO4. The minimum Gasteiger partial charge on any atom is -0.491 e. The maximum atomic E-state index is 11.5. The maximum absolute atomic E-state index is 11.5. The summed E-state index contributed by atoms with van der Waals surface area (Å²) >= 11 is 0. The second-order valence-corrected chi connectivity index (χ2v) is 4.51. The Labute approximate surface area is 112 Å². The zero-order valence-electron chi connectivity index (χ0n) is 11.1. The summed E-state index contributed by atoms with van der Waals surface area (Å²) < 4.78 is 15.9. The molecule has 0 aliphatic carbocycles. The Balaban J connectivity index is 1.96. The summed E-state index contributed by atoms with van der Waals surface area (Å²) in [4.78, 5) is 11.5. The molecule has 5 heteroatoms. The molecule has 0 spiro atoms. The summed E-state index contributed by atoms with van der Waals surface area (Å²) in [5, 5.41) is 0. The molecule has 1 heterocycles. The van der Waals surface area contributed by atoms with E-state index in [0.29, 0.717) is 36.1 Å². The molecule has 104 valence electrons. The highest BCUT2D eigenvalue weighted by Gasteiger charge is 2.17. The first-order valence-corrected chi connectivity index (χ1v) is 6.48. The number of rotatable bonds is 5. The lowest BCUT2D eigenvalue weighted by Crippen LogP contribution is -2.13. The second kappa shape index (κ2) is 6.43. The van der Waals surface area contributed by atoms with Gasteiger partial charge in [0.15, 0.2) is 0 Å². The fourth-order valence-corrected chi connectivity index (χ4v) is 1.94. The second-order valence-electron chi connectivity index (χ2n) is 4.51. The minimum atomic E-state index is -0.370. The lowest BCUT2D eigenvalue weighted by molar-refractivity contribution is 0.0526. The standard InChI is InChI=1S/C14H19NO4/c1-2-18-14(16)11-3-4-13(12(15)7-11)19-9-10-5-6-17-8-10/h3-4,7,10H,2,5-6,8-9,15H2,1H3. The first-order valence-electron chi connectivity index (χ1n) is 6.48. The summed E-state index contributed by atoms with van der Waals surface area (Å²) in [5.74, 6) is 0.647. The van der Waals surface area contributed by atoms with Crippen molar-refractivity contribution in [1.29, 1.82) is 0 Å².